The lowest BCUT2D eigenvalue weighted by Crippen LogP contribution is -2.60. The molecule has 1 fully saturated rings. The number of aryl methyl sites for hydroxylation is 1. The van der Waals surface area contributed by atoms with E-state index in [1.807, 2.05) is 24.1 Å². The molecule has 5 heteroatoms. The second-order valence-electron chi connectivity index (χ2n) is 5.30. The Morgan fingerprint density at radius 2 is 2.00 bits per heavy atom. The normalized spacial score (nSPS) is 23.6. The number of nitrogens with zero attached hydrogens (tertiary/aromatic N) is 3. The average Bonchev–Trinajstić information content (AvgIpc) is 2.38. The van der Waals surface area contributed by atoms with Gasteiger partial charge in [0.25, 0.3) is 0 Å². The highest BCUT2D eigenvalue weighted by atomic mass is 16.2. The lowest BCUT2D eigenvalue weighted by atomic mass is 10.1. The van der Waals surface area contributed by atoms with Crippen molar-refractivity contribution >= 4 is 11.7 Å². The third kappa shape index (κ3) is 2.87. The first-order valence-electron chi connectivity index (χ1n) is 6.71. The van der Waals surface area contributed by atoms with Crippen molar-refractivity contribution in [2.75, 3.05) is 24.5 Å². The first-order chi connectivity index (χ1) is 9.02. The van der Waals surface area contributed by atoms with Crippen LogP contribution in [0.15, 0.2) is 18.3 Å². The number of pyridine rings is 1. The minimum absolute atomic E-state index is 0.0246. The fraction of sp³-hybridized carbons (Fsp3) is 0.571. The predicted molar refractivity (Wildman–Crippen MR) is 76.0 cm³/mol. The molecule has 1 aliphatic heterocycles. The highest BCUT2D eigenvalue weighted by Crippen LogP contribution is 2.20. The van der Waals surface area contributed by atoms with E-state index in [9.17, 15) is 4.79 Å². The van der Waals surface area contributed by atoms with Crippen LogP contribution in [0.5, 0.6) is 0 Å². The molecule has 1 saturated heterocycles. The van der Waals surface area contributed by atoms with E-state index in [-0.39, 0.29) is 24.5 Å². The third-order valence-corrected chi connectivity index (χ3v) is 3.60. The summed E-state index contributed by atoms with van der Waals surface area (Å²) >= 11 is 0. The van der Waals surface area contributed by atoms with Crippen molar-refractivity contribution in [2.45, 2.75) is 32.9 Å². The quantitative estimate of drug-likeness (QED) is 0.855. The maximum Gasteiger partial charge on any atom is 0.236 e. The molecule has 0 saturated carbocycles. The number of piperazine rings is 1. The predicted octanol–water partition coefficient (Wildman–Crippen LogP) is 0.774. The van der Waals surface area contributed by atoms with Gasteiger partial charge in [-0.05, 0) is 32.4 Å². The van der Waals surface area contributed by atoms with E-state index in [0.717, 1.165) is 24.5 Å². The van der Waals surface area contributed by atoms with Crippen molar-refractivity contribution in [2.24, 2.45) is 5.73 Å². The lowest BCUT2D eigenvalue weighted by Gasteiger charge is -2.44. The van der Waals surface area contributed by atoms with E-state index < -0.39 is 0 Å². The van der Waals surface area contributed by atoms with Gasteiger partial charge in [-0.2, -0.15) is 0 Å². The van der Waals surface area contributed by atoms with E-state index in [1.54, 1.807) is 0 Å². The number of hydrogen-bond donors (Lipinski definition) is 1. The SMILES string of the molecule is Cc1ccc(N2CC(C)N(C(=O)CN)C(C)C2)nc1. The smallest absolute Gasteiger partial charge is 0.236 e. The highest BCUT2D eigenvalue weighted by Gasteiger charge is 2.32. The van der Waals surface area contributed by atoms with Gasteiger partial charge in [-0.1, -0.05) is 6.07 Å². The summed E-state index contributed by atoms with van der Waals surface area (Å²) in [5, 5.41) is 0. The van der Waals surface area contributed by atoms with Gasteiger partial charge < -0.3 is 15.5 Å². The van der Waals surface area contributed by atoms with Gasteiger partial charge in [0.05, 0.1) is 6.54 Å². The second kappa shape index (κ2) is 5.57. The molecule has 2 unspecified atom stereocenters. The van der Waals surface area contributed by atoms with Gasteiger partial charge in [0, 0.05) is 31.4 Å². The van der Waals surface area contributed by atoms with Crippen LogP contribution >= 0.6 is 0 Å². The molecule has 2 atom stereocenters. The number of anilines is 1. The first kappa shape index (κ1) is 13.8. The van der Waals surface area contributed by atoms with Crippen molar-refractivity contribution in [1.82, 2.24) is 9.88 Å². The zero-order valence-corrected chi connectivity index (χ0v) is 11.8. The van der Waals surface area contributed by atoms with Gasteiger partial charge in [0.2, 0.25) is 5.91 Å². The van der Waals surface area contributed by atoms with Crippen LogP contribution in [0.3, 0.4) is 0 Å². The number of carbonyl (C=O) groups is 1. The number of amides is 1. The average molecular weight is 262 g/mol. The molecule has 104 valence electrons. The minimum atomic E-state index is 0.0246. The molecule has 2 heterocycles. The molecule has 1 amide bonds. The third-order valence-electron chi connectivity index (χ3n) is 3.60. The van der Waals surface area contributed by atoms with Gasteiger partial charge in [0.15, 0.2) is 0 Å². The molecule has 0 bridgehead atoms. The van der Waals surface area contributed by atoms with Crippen LogP contribution in [0.4, 0.5) is 5.82 Å². The Kier molecular flexibility index (Phi) is 4.04. The second-order valence-corrected chi connectivity index (χ2v) is 5.30. The summed E-state index contributed by atoms with van der Waals surface area (Å²) in [5.41, 5.74) is 6.63. The summed E-state index contributed by atoms with van der Waals surface area (Å²) in [4.78, 5) is 20.4. The molecule has 0 aromatic carbocycles. The molecular formula is C14H22N4O. The molecule has 1 aliphatic rings. The summed E-state index contributed by atoms with van der Waals surface area (Å²) in [6, 6.07) is 4.41. The maximum atomic E-state index is 11.8. The Hall–Kier alpha value is -1.62. The number of rotatable bonds is 2. The Morgan fingerprint density at radius 1 is 1.37 bits per heavy atom. The number of aromatic nitrogens is 1. The van der Waals surface area contributed by atoms with Crippen LogP contribution < -0.4 is 10.6 Å². The summed E-state index contributed by atoms with van der Waals surface area (Å²) < 4.78 is 0. The Labute approximate surface area is 114 Å². The van der Waals surface area contributed by atoms with Crippen molar-refractivity contribution < 1.29 is 4.79 Å². The van der Waals surface area contributed by atoms with Crippen LogP contribution in [-0.2, 0) is 4.79 Å². The topological polar surface area (TPSA) is 62.5 Å². The monoisotopic (exact) mass is 262 g/mol. The van der Waals surface area contributed by atoms with Gasteiger partial charge >= 0.3 is 0 Å². The Balaban J connectivity index is 2.13. The first-order valence-corrected chi connectivity index (χ1v) is 6.71. The van der Waals surface area contributed by atoms with Crippen molar-refractivity contribution in [3.05, 3.63) is 23.9 Å². The zero-order chi connectivity index (χ0) is 14.0. The Bertz CT molecular complexity index is 433. The van der Waals surface area contributed by atoms with Crippen molar-refractivity contribution in [3.63, 3.8) is 0 Å². The minimum Gasteiger partial charge on any atom is -0.353 e. The van der Waals surface area contributed by atoms with E-state index in [4.69, 9.17) is 5.73 Å². The van der Waals surface area contributed by atoms with E-state index in [2.05, 4.69) is 29.8 Å². The molecule has 5 nitrogen and oxygen atoms in total. The Morgan fingerprint density at radius 3 is 2.47 bits per heavy atom. The molecule has 1 aromatic rings. The van der Waals surface area contributed by atoms with E-state index >= 15 is 0 Å². The fourth-order valence-corrected chi connectivity index (χ4v) is 2.75. The van der Waals surface area contributed by atoms with Crippen molar-refractivity contribution in [1.29, 1.82) is 0 Å². The number of hydrogen-bond acceptors (Lipinski definition) is 4. The molecule has 0 aliphatic carbocycles. The zero-order valence-electron chi connectivity index (χ0n) is 11.8. The number of nitrogens with two attached hydrogens (primary N) is 1. The number of carbonyl (C=O) groups excluding carboxylic acids is 1. The van der Waals surface area contributed by atoms with Gasteiger partial charge in [0.1, 0.15) is 5.82 Å². The summed E-state index contributed by atoms with van der Waals surface area (Å²) in [6.45, 7) is 7.82. The molecule has 2 N–H and O–H groups in total. The molecule has 0 spiro atoms. The molecule has 0 radical (unpaired) electrons. The highest BCUT2D eigenvalue weighted by molar-refractivity contribution is 5.79. The summed E-state index contributed by atoms with van der Waals surface area (Å²) in [7, 11) is 0. The van der Waals surface area contributed by atoms with Crippen molar-refractivity contribution in [3.8, 4) is 0 Å². The van der Waals surface area contributed by atoms with Crippen LogP contribution in [0.2, 0.25) is 0 Å². The maximum absolute atomic E-state index is 11.8. The largest absolute Gasteiger partial charge is 0.353 e. The van der Waals surface area contributed by atoms with Gasteiger partial charge in [-0.3, -0.25) is 4.79 Å². The summed E-state index contributed by atoms with van der Waals surface area (Å²) in [5.74, 6) is 1.00. The molecule has 1 aromatic heterocycles. The standard InChI is InChI=1S/C14H22N4O/c1-10-4-5-13(16-7-10)17-8-11(2)18(12(3)9-17)14(19)6-15/h4-5,7,11-12H,6,8-9,15H2,1-3H3. The van der Waals surface area contributed by atoms with Gasteiger partial charge in [-0.15, -0.1) is 0 Å². The molecular weight excluding hydrogens is 240 g/mol. The lowest BCUT2D eigenvalue weighted by molar-refractivity contribution is -0.134. The van der Waals surface area contributed by atoms with E-state index in [0.29, 0.717) is 0 Å². The summed E-state index contributed by atoms with van der Waals surface area (Å²) in [6.07, 6.45) is 1.88. The van der Waals surface area contributed by atoms with Gasteiger partial charge in [-0.25, -0.2) is 4.98 Å². The fourth-order valence-electron chi connectivity index (χ4n) is 2.75. The molecule has 19 heavy (non-hydrogen) atoms. The molecule has 2 rings (SSSR count). The van der Waals surface area contributed by atoms with Crippen LogP contribution in [0, 0.1) is 6.92 Å². The van der Waals surface area contributed by atoms with E-state index in [1.165, 1.54) is 0 Å². The van der Waals surface area contributed by atoms with Crippen LogP contribution in [0.25, 0.3) is 0 Å². The van der Waals surface area contributed by atoms with Crippen LogP contribution in [0.1, 0.15) is 19.4 Å². The van der Waals surface area contributed by atoms with Crippen LogP contribution in [-0.4, -0.2) is 47.5 Å².